The molecule has 120 valence electrons. The Morgan fingerprint density at radius 2 is 1.91 bits per heavy atom. The first kappa shape index (κ1) is 17.4. The van der Waals surface area contributed by atoms with E-state index in [0.717, 1.165) is 12.0 Å². The van der Waals surface area contributed by atoms with Crippen LogP contribution in [0.4, 0.5) is 11.4 Å². The van der Waals surface area contributed by atoms with E-state index in [9.17, 15) is 14.9 Å². The highest BCUT2D eigenvalue weighted by molar-refractivity contribution is 9.10. The fourth-order valence-electron chi connectivity index (χ4n) is 2.04. The lowest BCUT2D eigenvalue weighted by Crippen LogP contribution is -2.12. The molecule has 2 rings (SSSR count). The third-order valence-electron chi connectivity index (χ3n) is 3.22. The first-order valence-electron chi connectivity index (χ1n) is 6.94. The quantitative estimate of drug-likeness (QED) is 0.552. The standard InChI is InChI=1S/C16H14BrClN2O3/c17-14-9-8-13(20(22)23)10-15(14)19-16(21)3-1-2-11-4-6-12(18)7-5-11/h4-10H,1-3H2,(H,19,21). The summed E-state index contributed by atoms with van der Waals surface area (Å²) in [5.74, 6) is -0.180. The summed E-state index contributed by atoms with van der Waals surface area (Å²) in [7, 11) is 0. The van der Waals surface area contributed by atoms with Gasteiger partial charge >= 0.3 is 0 Å². The number of amides is 1. The summed E-state index contributed by atoms with van der Waals surface area (Å²) in [6.07, 6.45) is 1.78. The van der Waals surface area contributed by atoms with Crippen molar-refractivity contribution < 1.29 is 9.72 Å². The number of non-ortho nitro benzene ring substituents is 1. The SMILES string of the molecule is O=C(CCCc1ccc(Cl)cc1)Nc1cc([N+](=O)[O-])ccc1Br. The van der Waals surface area contributed by atoms with Crippen molar-refractivity contribution in [1.29, 1.82) is 0 Å². The van der Waals surface area contributed by atoms with Crippen LogP contribution in [0.1, 0.15) is 18.4 Å². The van der Waals surface area contributed by atoms with Crippen molar-refractivity contribution in [3.63, 3.8) is 0 Å². The molecule has 0 aromatic heterocycles. The minimum Gasteiger partial charge on any atom is -0.325 e. The molecule has 0 spiro atoms. The van der Waals surface area contributed by atoms with Crippen LogP contribution in [0.2, 0.25) is 5.02 Å². The Bertz CT molecular complexity index is 720. The molecule has 1 amide bonds. The third-order valence-corrected chi connectivity index (χ3v) is 4.16. The molecule has 0 saturated heterocycles. The molecule has 23 heavy (non-hydrogen) atoms. The molecule has 2 aromatic carbocycles. The van der Waals surface area contributed by atoms with Crippen LogP contribution >= 0.6 is 27.5 Å². The van der Waals surface area contributed by atoms with Crippen LogP contribution in [-0.2, 0) is 11.2 Å². The maximum atomic E-state index is 12.0. The van der Waals surface area contributed by atoms with E-state index < -0.39 is 4.92 Å². The molecule has 0 aliphatic heterocycles. The summed E-state index contributed by atoms with van der Waals surface area (Å²) in [6.45, 7) is 0. The summed E-state index contributed by atoms with van der Waals surface area (Å²) in [5, 5.41) is 14.1. The van der Waals surface area contributed by atoms with Gasteiger partial charge in [-0.2, -0.15) is 0 Å². The number of nitrogens with zero attached hydrogens (tertiary/aromatic N) is 1. The highest BCUT2D eigenvalue weighted by atomic mass is 79.9. The van der Waals surface area contributed by atoms with Gasteiger partial charge in [0, 0.05) is 28.0 Å². The predicted molar refractivity (Wildman–Crippen MR) is 93.8 cm³/mol. The van der Waals surface area contributed by atoms with Crippen LogP contribution in [0.25, 0.3) is 0 Å². The van der Waals surface area contributed by atoms with Gasteiger partial charge in [0.2, 0.25) is 5.91 Å². The molecule has 0 bridgehead atoms. The molecule has 0 fully saturated rings. The Hall–Kier alpha value is -1.92. The number of nitro groups is 1. The van der Waals surface area contributed by atoms with Crippen LogP contribution in [0.5, 0.6) is 0 Å². The first-order valence-corrected chi connectivity index (χ1v) is 8.11. The van der Waals surface area contributed by atoms with Crippen LogP contribution in [0.15, 0.2) is 46.9 Å². The molecule has 0 atom stereocenters. The molecule has 1 N–H and O–H groups in total. The molecule has 0 radical (unpaired) electrons. The van der Waals surface area contributed by atoms with Gasteiger partial charge in [0.05, 0.1) is 10.6 Å². The minimum atomic E-state index is -0.497. The second-order valence-corrected chi connectivity index (χ2v) is 6.24. The summed E-state index contributed by atoms with van der Waals surface area (Å²) in [4.78, 5) is 22.2. The van der Waals surface area contributed by atoms with Crippen molar-refractivity contribution in [2.45, 2.75) is 19.3 Å². The average Bonchev–Trinajstić information content (AvgIpc) is 2.51. The van der Waals surface area contributed by atoms with Gasteiger partial charge in [0.15, 0.2) is 0 Å². The van der Waals surface area contributed by atoms with E-state index in [4.69, 9.17) is 11.6 Å². The summed E-state index contributed by atoms with van der Waals surface area (Å²) in [6, 6.07) is 11.7. The number of halogens is 2. The molecule has 0 aliphatic carbocycles. The van der Waals surface area contributed by atoms with Crippen molar-refractivity contribution in [2.24, 2.45) is 0 Å². The highest BCUT2D eigenvalue weighted by Crippen LogP contribution is 2.27. The molecule has 0 aliphatic rings. The zero-order valence-electron chi connectivity index (χ0n) is 12.1. The van der Waals surface area contributed by atoms with Crippen LogP contribution in [-0.4, -0.2) is 10.8 Å². The van der Waals surface area contributed by atoms with Crippen molar-refractivity contribution in [1.82, 2.24) is 0 Å². The van der Waals surface area contributed by atoms with E-state index in [0.29, 0.717) is 28.0 Å². The van der Waals surface area contributed by atoms with E-state index in [1.807, 2.05) is 24.3 Å². The van der Waals surface area contributed by atoms with Crippen molar-refractivity contribution in [3.8, 4) is 0 Å². The molecule has 0 unspecified atom stereocenters. The number of carbonyl (C=O) groups excluding carboxylic acids is 1. The molecular weight excluding hydrogens is 384 g/mol. The van der Waals surface area contributed by atoms with E-state index >= 15 is 0 Å². The zero-order chi connectivity index (χ0) is 16.8. The Labute approximate surface area is 146 Å². The molecule has 0 heterocycles. The van der Waals surface area contributed by atoms with Gasteiger partial charge in [-0.25, -0.2) is 0 Å². The Morgan fingerprint density at radius 1 is 1.22 bits per heavy atom. The lowest BCUT2D eigenvalue weighted by atomic mass is 10.1. The minimum absolute atomic E-state index is 0.0651. The van der Waals surface area contributed by atoms with Crippen molar-refractivity contribution in [3.05, 3.63) is 67.6 Å². The number of hydrogen-bond acceptors (Lipinski definition) is 3. The lowest BCUT2D eigenvalue weighted by molar-refractivity contribution is -0.384. The van der Waals surface area contributed by atoms with Gasteiger partial charge in [0.25, 0.3) is 5.69 Å². The van der Waals surface area contributed by atoms with Crippen LogP contribution in [0, 0.1) is 10.1 Å². The molecular formula is C16H14BrClN2O3. The van der Waals surface area contributed by atoms with Crippen molar-refractivity contribution in [2.75, 3.05) is 5.32 Å². The fourth-order valence-corrected chi connectivity index (χ4v) is 2.51. The number of carbonyl (C=O) groups is 1. The van der Waals surface area contributed by atoms with Crippen LogP contribution < -0.4 is 5.32 Å². The number of hydrogen-bond donors (Lipinski definition) is 1. The monoisotopic (exact) mass is 396 g/mol. The van der Waals surface area contributed by atoms with Gasteiger partial charge in [-0.05, 0) is 52.5 Å². The van der Waals surface area contributed by atoms with E-state index in [1.54, 1.807) is 6.07 Å². The topological polar surface area (TPSA) is 72.2 Å². The number of anilines is 1. The van der Waals surface area contributed by atoms with Gasteiger partial charge in [0.1, 0.15) is 0 Å². The number of benzene rings is 2. The van der Waals surface area contributed by atoms with Crippen LogP contribution in [0.3, 0.4) is 0 Å². The van der Waals surface area contributed by atoms with Gasteiger partial charge in [-0.3, -0.25) is 14.9 Å². The largest absolute Gasteiger partial charge is 0.325 e. The molecule has 0 saturated carbocycles. The Balaban J connectivity index is 1.88. The number of nitrogens with one attached hydrogen (secondary N) is 1. The number of rotatable bonds is 6. The first-order chi connectivity index (χ1) is 11.0. The molecule has 2 aromatic rings. The van der Waals surface area contributed by atoms with E-state index in [1.165, 1.54) is 12.1 Å². The molecule has 5 nitrogen and oxygen atoms in total. The maximum Gasteiger partial charge on any atom is 0.271 e. The predicted octanol–water partition coefficient (Wildman–Crippen LogP) is 4.97. The molecule has 7 heteroatoms. The zero-order valence-corrected chi connectivity index (χ0v) is 14.4. The Morgan fingerprint density at radius 3 is 2.57 bits per heavy atom. The summed E-state index contributed by atoms with van der Waals surface area (Å²) in [5.41, 5.74) is 1.44. The number of nitro benzene ring substituents is 1. The van der Waals surface area contributed by atoms with E-state index in [-0.39, 0.29) is 11.6 Å². The second-order valence-electron chi connectivity index (χ2n) is 4.95. The van der Waals surface area contributed by atoms with Gasteiger partial charge in [-0.15, -0.1) is 0 Å². The maximum absolute atomic E-state index is 12.0. The smallest absolute Gasteiger partial charge is 0.271 e. The van der Waals surface area contributed by atoms with E-state index in [2.05, 4.69) is 21.2 Å². The lowest BCUT2D eigenvalue weighted by Gasteiger charge is -2.07. The number of aryl methyl sites for hydroxylation is 1. The summed E-state index contributed by atoms with van der Waals surface area (Å²) < 4.78 is 0.606. The normalized spacial score (nSPS) is 10.3. The van der Waals surface area contributed by atoms with Gasteiger partial charge < -0.3 is 5.32 Å². The summed E-state index contributed by atoms with van der Waals surface area (Å²) >= 11 is 9.09. The fraction of sp³-hybridized carbons (Fsp3) is 0.188. The Kier molecular flexibility index (Phi) is 6.12. The average molecular weight is 398 g/mol. The highest BCUT2D eigenvalue weighted by Gasteiger charge is 2.11. The third kappa shape index (κ3) is 5.33. The second kappa shape index (κ2) is 8.08. The van der Waals surface area contributed by atoms with Gasteiger partial charge in [-0.1, -0.05) is 23.7 Å². The van der Waals surface area contributed by atoms with Crippen molar-refractivity contribution >= 4 is 44.8 Å².